The molecule has 5 heteroatoms. The van der Waals surface area contributed by atoms with E-state index in [1.807, 2.05) is 61.2 Å². The Kier molecular flexibility index (Phi) is 4.30. The van der Waals surface area contributed by atoms with E-state index in [9.17, 15) is 4.79 Å². The molecular weight excluding hydrogens is 308 g/mol. The van der Waals surface area contributed by atoms with E-state index in [0.717, 1.165) is 32.2 Å². The lowest BCUT2D eigenvalue weighted by Crippen LogP contribution is -2.22. The molecule has 4 nitrogen and oxygen atoms in total. The molecular formula is C18H18N2O2S. The van der Waals surface area contributed by atoms with Crippen LogP contribution in [0.5, 0.6) is 0 Å². The highest BCUT2D eigenvalue weighted by atomic mass is 32.1. The first-order valence-corrected chi connectivity index (χ1v) is 8.29. The molecule has 23 heavy (non-hydrogen) atoms. The summed E-state index contributed by atoms with van der Waals surface area (Å²) in [6.45, 7) is 4.49. The number of fused-ring (bicyclic) bond motifs is 1. The maximum absolute atomic E-state index is 11.1. The van der Waals surface area contributed by atoms with Gasteiger partial charge < -0.3 is 10.0 Å². The second-order valence-electron chi connectivity index (χ2n) is 5.50. The van der Waals surface area contributed by atoms with Crippen LogP contribution in [0.1, 0.15) is 17.5 Å². The van der Waals surface area contributed by atoms with Crippen LogP contribution in [0, 0.1) is 13.8 Å². The van der Waals surface area contributed by atoms with E-state index in [-0.39, 0.29) is 6.42 Å². The van der Waals surface area contributed by atoms with Gasteiger partial charge in [-0.05, 0) is 37.1 Å². The van der Waals surface area contributed by atoms with Crippen molar-refractivity contribution in [3.8, 4) is 0 Å². The van der Waals surface area contributed by atoms with Crippen LogP contribution in [-0.4, -0.2) is 22.6 Å². The summed E-state index contributed by atoms with van der Waals surface area (Å²) in [7, 11) is 0. The number of hydrogen-bond donors (Lipinski definition) is 1. The molecule has 0 bridgehead atoms. The molecule has 1 aromatic heterocycles. The fourth-order valence-electron chi connectivity index (χ4n) is 2.72. The van der Waals surface area contributed by atoms with Crippen molar-refractivity contribution in [2.24, 2.45) is 0 Å². The Morgan fingerprint density at radius 2 is 1.83 bits per heavy atom. The predicted octanol–water partition coefficient (Wildman–Crippen LogP) is 4.53. The molecule has 3 rings (SSSR count). The van der Waals surface area contributed by atoms with Crippen molar-refractivity contribution in [3.05, 3.63) is 53.6 Å². The second-order valence-corrected chi connectivity index (χ2v) is 6.51. The fourth-order valence-corrected chi connectivity index (χ4v) is 3.72. The number of carboxylic acid groups (broad SMARTS) is 1. The van der Waals surface area contributed by atoms with E-state index in [2.05, 4.69) is 0 Å². The Morgan fingerprint density at radius 1 is 1.13 bits per heavy atom. The van der Waals surface area contributed by atoms with E-state index in [0.29, 0.717) is 6.54 Å². The van der Waals surface area contributed by atoms with Gasteiger partial charge in [0.25, 0.3) is 0 Å². The number of hydrogen-bond acceptors (Lipinski definition) is 4. The van der Waals surface area contributed by atoms with Gasteiger partial charge in [-0.3, -0.25) is 4.79 Å². The van der Waals surface area contributed by atoms with Crippen LogP contribution in [0.25, 0.3) is 10.2 Å². The smallest absolute Gasteiger partial charge is 0.305 e. The van der Waals surface area contributed by atoms with Crippen LogP contribution in [0.4, 0.5) is 10.8 Å². The topological polar surface area (TPSA) is 53.4 Å². The number of carbonyl (C=O) groups is 1. The Labute approximate surface area is 139 Å². The van der Waals surface area contributed by atoms with E-state index >= 15 is 0 Å². The molecule has 0 amide bonds. The molecule has 1 N–H and O–H groups in total. The number of nitrogens with zero attached hydrogens (tertiary/aromatic N) is 2. The van der Waals surface area contributed by atoms with Crippen LogP contribution >= 0.6 is 11.3 Å². The van der Waals surface area contributed by atoms with Crippen molar-refractivity contribution in [2.75, 3.05) is 11.4 Å². The summed E-state index contributed by atoms with van der Waals surface area (Å²) in [4.78, 5) is 17.8. The first kappa shape index (κ1) is 15.5. The molecule has 0 unspecified atom stereocenters. The third-order valence-corrected chi connectivity index (χ3v) is 4.83. The van der Waals surface area contributed by atoms with E-state index < -0.39 is 5.97 Å². The molecule has 0 aliphatic carbocycles. The Balaban J connectivity index is 2.09. The zero-order valence-electron chi connectivity index (χ0n) is 13.1. The van der Waals surface area contributed by atoms with Crippen molar-refractivity contribution < 1.29 is 9.90 Å². The largest absolute Gasteiger partial charge is 0.481 e. The molecule has 0 saturated heterocycles. The van der Waals surface area contributed by atoms with Crippen LogP contribution in [0.2, 0.25) is 0 Å². The predicted molar refractivity (Wildman–Crippen MR) is 94.8 cm³/mol. The van der Waals surface area contributed by atoms with Crippen LogP contribution in [-0.2, 0) is 4.79 Å². The normalized spacial score (nSPS) is 10.9. The second kappa shape index (κ2) is 6.38. The number of rotatable bonds is 5. The number of aliphatic carboxylic acids is 1. The summed E-state index contributed by atoms with van der Waals surface area (Å²) >= 11 is 1.59. The number of para-hydroxylation sites is 2. The average molecular weight is 326 g/mol. The Morgan fingerprint density at radius 3 is 2.48 bits per heavy atom. The highest BCUT2D eigenvalue weighted by Gasteiger charge is 2.18. The van der Waals surface area contributed by atoms with Gasteiger partial charge in [0.2, 0.25) is 0 Å². The summed E-state index contributed by atoms with van der Waals surface area (Å²) < 4.78 is 1.11. The molecule has 0 atom stereocenters. The maximum Gasteiger partial charge on any atom is 0.305 e. The van der Waals surface area contributed by atoms with Gasteiger partial charge in [0.1, 0.15) is 0 Å². The van der Waals surface area contributed by atoms with Gasteiger partial charge in [-0.1, -0.05) is 41.7 Å². The van der Waals surface area contributed by atoms with Gasteiger partial charge in [-0.2, -0.15) is 0 Å². The van der Waals surface area contributed by atoms with Crippen molar-refractivity contribution in [2.45, 2.75) is 20.3 Å². The number of benzene rings is 2. The summed E-state index contributed by atoms with van der Waals surface area (Å²) in [5, 5.41) is 9.93. The SMILES string of the molecule is Cc1cccc(C)c1N(CCC(=O)O)c1nc2ccccc2s1. The number of aromatic nitrogens is 1. The lowest BCUT2D eigenvalue weighted by molar-refractivity contribution is -0.136. The first-order valence-electron chi connectivity index (χ1n) is 7.47. The van der Waals surface area contributed by atoms with E-state index in [4.69, 9.17) is 10.1 Å². The molecule has 2 aromatic carbocycles. The van der Waals surface area contributed by atoms with E-state index in [1.165, 1.54) is 0 Å². The molecule has 0 aliphatic heterocycles. The van der Waals surface area contributed by atoms with Gasteiger partial charge in [0.15, 0.2) is 5.13 Å². The fraction of sp³-hybridized carbons (Fsp3) is 0.222. The zero-order chi connectivity index (χ0) is 16.4. The molecule has 0 spiro atoms. The molecule has 0 aliphatic rings. The average Bonchev–Trinajstić information content (AvgIpc) is 2.93. The third kappa shape index (κ3) is 3.19. The highest BCUT2D eigenvalue weighted by Crippen LogP contribution is 2.36. The molecule has 3 aromatic rings. The first-order chi connectivity index (χ1) is 11.1. The number of aryl methyl sites for hydroxylation is 2. The van der Waals surface area contributed by atoms with Gasteiger partial charge in [0.05, 0.1) is 16.6 Å². The van der Waals surface area contributed by atoms with Crippen molar-refractivity contribution >= 4 is 38.3 Å². The Bertz CT molecular complexity index is 804. The minimum absolute atomic E-state index is 0.0731. The van der Waals surface area contributed by atoms with Crippen LogP contribution in [0.15, 0.2) is 42.5 Å². The van der Waals surface area contributed by atoms with Gasteiger partial charge >= 0.3 is 5.97 Å². The van der Waals surface area contributed by atoms with Crippen molar-refractivity contribution in [3.63, 3.8) is 0 Å². The standard InChI is InChI=1S/C18H18N2O2S/c1-12-6-5-7-13(2)17(12)20(11-10-16(21)22)18-19-14-8-3-4-9-15(14)23-18/h3-9H,10-11H2,1-2H3,(H,21,22). The lowest BCUT2D eigenvalue weighted by Gasteiger charge is -2.25. The molecule has 0 fully saturated rings. The minimum atomic E-state index is -0.803. The van der Waals surface area contributed by atoms with Gasteiger partial charge in [0, 0.05) is 12.2 Å². The van der Waals surface area contributed by atoms with Crippen molar-refractivity contribution in [1.29, 1.82) is 0 Å². The summed E-state index contributed by atoms with van der Waals surface area (Å²) in [6.07, 6.45) is 0.0731. The molecule has 0 radical (unpaired) electrons. The van der Waals surface area contributed by atoms with Gasteiger partial charge in [-0.25, -0.2) is 4.98 Å². The molecule has 1 heterocycles. The Hall–Kier alpha value is -2.40. The molecule has 0 saturated carbocycles. The lowest BCUT2D eigenvalue weighted by atomic mass is 10.1. The summed E-state index contributed by atoms with van der Waals surface area (Å²) in [6, 6.07) is 14.1. The maximum atomic E-state index is 11.1. The number of thiazole rings is 1. The molecule has 118 valence electrons. The monoisotopic (exact) mass is 326 g/mol. The third-order valence-electron chi connectivity index (χ3n) is 3.77. The number of carboxylic acids is 1. The van der Waals surface area contributed by atoms with E-state index in [1.54, 1.807) is 11.3 Å². The van der Waals surface area contributed by atoms with Crippen LogP contribution < -0.4 is 4.90 Å². The quantitative estimate of drug-likeness (QED) is 0.748. The van der Waals surface area contributed by atoms with Gasteiger partial charge in [-0.15, -0.1) is 0 Å². The summed E-state index contributed by atoms with van der Waals surface area (Å²) in [5.41, 5.74) is 4.23. The minimum Gasteiger partial charge on any atom is -0.481 e. The zero-order valence-corrected chi connectivity index (χ0v) is 13.9. The number of anilines is 2. The highest BCUT2D eigenvalue weighted by molar-refractivity contribution is 7.22. The summed E-state index contributed by atoms with van der Waals surface area (Å²) in [5.74, 6) is -0.803. The van der Waals surface area contributed by atoms with Crippen molar-refractivity contribution in [1.82, 2.24) is 4.98 Å². The van der Waals surface area contributed by atoms with Crippen LogP contribution in [0.3, 0.4) is 0 Å².